The first kappa shape index (κ1) is 46.8. The fraction of sp³-hybridized carbons (Fsp3) is 0.475. The van der Waals surface area contributed by atoms with Gasteiger partial charge in [-0.2, -0.15) is 13.2 Å². The fourth-order valence-corrected chi connectivity index (χ4v) is 4.79. The number of hydrogen-bond donors (Lipinski definition) is 2. The van der Waals surface area contributed by atoms with Crippen LogP contribution in [0.3, 0.4) is 0 Å². The predicted octanol–water partition coefficient (Wildman–Crippen LogP) is 11.6. The van der Waals surface area contributed by atoms with Crippen LogP contribution >= 0.6 is 11.6 Å². The van der Waals surface area contributed by atoms with Gasteiger partial charge in [0.25, 0.3) is 0 Å². The number of allylic oxidation sites excluding steroid dienone is 2. The van der Waals surface area contributed by atoms with E-state index < -0.39 is 11.7 Å². The third kappa shape index (κ3) is 21.6. The average Bonchev–Trinajstić information content (AvgIpc) is 3.07. The van der Waals surface area contributed by atoms with Crippen LogP contribution in [-0.2, 0) is 24.1 Å². The van der Waals surface area contributed by atoms with Gasteiger partial charge in [0.15, 0.2) is 0 Å². The molecule has 4 nitrogen and oxygen atoms in total. The minimum absolute atomic E-state index is 0.509. The molecule has 0 unspecified atom stereocenters. The largest absolute Gasteiger partial charge is 0.416 e. The van der Waals surface area contributed by atoms with Crippen LogP contribution in [0, 0.1) is 6.92 Å². The molecule has 48 heavy (non-hydrogen) atoms. The van der Waals surface area contributed by atoms with Crippen molar-refractivity contribution in [1.82, 2.24) is 15.5 Å². The fourth-order valence-electron chi connectivity index (χ4n) is 4.59. The number of aryl methyl sites for hydroxylation is 1. The van der Waals surface area contributed by atoms with Gasteiger partial charge in [0.1, 0.15) is 6.29 Å². The average molecular weight is 692 g/mol. The van der Waals surface area contributed by atoms with E-state index in [1.165, 1.54) is 55.9 Å². The summed E-state index contributed by atoms with van der Waals surface area (Å²) in [7, 11) is 4.06. The van der Waals surface area contributed by atoms with Crippen LogP contribution < -0.4 is 10.6 Å². The number of alkyl halides is 3. The highest BCUT2D eigenvalue weighted by molar-refractivity contribution is 6.31. The molecule has 0 radical (unpaired) electrons. The standard InChI is InChI=1S/C15H24ClN.C14H19F3N2.C7H8.C2H4O.C2H6/c1-4-8-14(9-5-2)17(3)12-13-10-6-7-11-15(13)16;1-4-13(18-3)10(2)19-9-11-5-7-12(8-6-11)14(15,16)17;1-7-5-3-2-4-6-7;1-2-3;1-2/h6-7,10-11,14H,4-5,8-9,12H2,1-3H3;5-8,18-19H,4,9H2,1-3H3;2-6H,1H3;2H,1H3;1-2H3/b;13-10-;;;. The number of rotatable bonds is 12. The normalized spacial score (nSPS) is 10.8. The number of nitrogens with zero attached hydrogens (tertiary/aromatic N) is 1. The Morgan fingerprint density at radius 1 is 0.896 bits per heavy atom. The quantitative estimate of drug-likeness (QED) is 0.186. The Balaban J connectivity index is 0. The molecule has 0 saturated carbocycles. The first-order valence-electron chi connectivity index (χ1n) is 17.0. The molecule has 0 aliphatic carbocycles. The van der Waals surface area contributed by atoms with Crippen LogP contribution in [0.25, 0.3) is 0 Å². The monoisotopic (exact) mass is 691 g/mol. The van der Waals surface area contributed by atoms with Crippen molar-refractivity contribution in [3.05, 3.63) is 118 Å². The number of nitrogens with one attached hydrogen (secondary N) is 2. The molecule has 0 bridgehead atoms. The molecule has 0 aliphatic heterocycles. The molecule has 0 aromatic heterocycles. The summed E-state index contributed by atoms with van der Waals surface area (Å²) in [5.41, 5.74) is 4.85. The molecular weight excluding hydrogens is 631 g/mol. The van der Waals surface area contributed by atoms with Gasteiger partial charge in [-0.05, 0) is 76.4 Å². The lowest BCUT2D eigenvalue weighted by molar-refractivity contribution is -0.137. The minimum Gasteiger partial charge on any atom is -0.390 e. The lowest BCUT2D eigenvalue weighted by atomic mass is 10.0. The molecular formula is C40H61ClF3N3O. The Hall–Kier alpha value is -3.29. The molecule has 3 aromatic rings. The Kier molecular flexibility index (Phi) is 28.0. The number of benzene rings is 3. The Morgan fingerprint density at radius 2 is 1.40 bits per heavy atom. The van der Waals surface area contributed by atoms with E-state index in [0.717, 1.165) is 53.4 Å². The van der Waals surface area contributed by atoms with E-state index in [9.17, 15) is 13.2 Å². The number of carbonyl (C=O) groups is 1. The summed E-state index contributed by atoms with van der Waals surface area (Å²) < 4.78 is 37.2. The van der Waals surface area contributed by atoms with Crippen LogP contribution in [0.1, 0.15) is 103 Å². The first-order chi connectivity index (χ1) is 22.9. The minimum atomic E-state index is -4.27. The second-order valence-electron chi connectivity index (χ2n) is 10.9. The summed E-state index contributed by atoms with van der Waals surface area (Å²) >= 11 is 6.20. The summed E-state index contributed by atoms with van der Waals surface area (Å²) in [6.07, 6.45) is 2.39. The van der Waals surface area contributed by atoms with Gasteiger partial charge in [0.2, 0.25) is 0 Å². The molecule has 3 aromatic carbocycles. The van der Waals surface area contributed by atoms with Gasteiger partial charge >= 0.3 is 6.18 Å². The van der Waals surface area contributed by atoms with E-state index in [-0.39, 0.29) is 0 Å². The molecule has 0 heterocycles. The second kappa shape index (κ2) is 28.7. The van der Waals surface area contributed by atoms with E-state index in [1.807, 2.05) is 65.1 Å². The van der Waals surface area contributed by atoms with Crippen molar-refractivity contribution in [2.75, 3.05) is 14.1 Å². The molecule has 3 rings (SSSR count). The summed E-state index contributed by atoms with van der Waals surface area (Å²) in [4.78, 5) is 11.2. The van der Waals surface area contributed by atoms with Gasteiger partial charge in [-0.15, -0.1) is 0 Å². The summed E-state index contributed by atoms with van der Waals surface area (Å²) in [6.45, 7) is 17.5. The Labute approximate surface area is 295 Å². The maximum atomic E-state index is 12.4. The van der Waals surface area contributed by atoms with Crippen LogP contribution in [0.5, 0.6) is 0 Å². The maximum absolute atomic E-state index is 12.4. The Morgan fingerprint density at radius 3 is 1.79 bits per heavy atom. The lowest BCUT2D eigenvalue weighted by Crippen LogP contribution is -2.31. The van der Waals surface area contributed by atoms with Crippen molar-refractivity contribution < 1.29 is 18.0 Å². The summed E-state index contributed by atoms with van der Waals surface area (Å²) in [5, 5.41) is 7.16. The predicted molar refractivity (Wildman–Crippen MR) is 201 cm³/mol. The maximum Gasteiger partial charge on any atom is 0.416 e. The van der Waals surface area contributed by atoms with E-state index in [2.05, 4.69) is 67.6 Å². The van der Waals surface area contributed by atoms with Crippen LogP contribution in [0.2, 0.25) is 5.02 Å². The topological polar surface area (TPSA) is 44.4 Å². The zero-order valence-corrected chi connectivity index (χ0v) is 31.7. The third-order valence-electron chi connectivity index (χ3n) is 7.13. The van der Waals surface area contributed by atoms with E-state index >= 15 is 0 Å². The number of hydrogen-bond acceptors (Lipinski definition) is 4. The van der Waals surface area contributed by atoms with Gasteiger partial charge in [-0.3, -0.25) is 4.90 Å². The highest BCUT2D eigenvalue weighted by Gasteiger charge is 2.29. The molecule has 0 aliphatic rings. The number of carbonyl (C=O) groups excluding carboxylic acids is 1. The van der Waals surface area contributed by atoms with Crippen molar-refractivity contribution >= 4 is 17.9 Å². The van der Waals surface area contributed by atoms with E-state index in [4.69, 9.17) is 16.4 Å². The third-order valence-corrected chi connectivity index (χ3v) is 7.50. The molecule has 0 fully saturated rings. The van der Waals surface area contributed by atoms with Crippen molar-refractivity contribution in [2.45, 2.75) is 113 Å². The zero-order valence-electron chi connectivity index (χ0n) is 31.0. The van der Waals surface area contributed by atoms with Gasteiger partial charge in [0, 0.05) is 42.6 Å². The first-order valence-corrected chi connectivity index (χ1v) is 17.4. The van der Waals surface area contributed by atoms with Gasteiger partial charge in [0.05, 0.1) is 5.56 Å². The highest BCUT2D eigenvalue weighted by atomic mass is 35.5. The van der Waals surface area contributed by atoms with Gasteiger partial charge in [-0.1, -0.05) is 125 Å². The molecule has 8 heteroatoms. The number of aldehydes is 1. The summed E-state index contributed by atoms with van der Waals surface area (Å²) in [6, 6.07) is 24.3. The second-order valence-corrected chi connectivity index (χ2v) is 11.3. The molecule has 0 spiro atoms. The smallest absolute Gasteiger partial charge is 0.390 e. The SMILES string of the molecule is CC.CC/C(NC)=C(\C)NCc1ccc(C(F)(F)F)cc1.CC=O.CCCC(CCC)N(C)Cc1ccccc1Cl.Cc1ccccc1. The van der Waals surface area contributed by atoms with Crippen molar-refractivity contribution in [3.8, 4) is 0 Å². The molecule has 0 amide bonds. The lowest BCUT2D eigenvalue weighted by Gasteiger charge is -2.28. The Bertz CT molecular complexity index is 1220. The van der Waals surface area contributed by atoms with Crippen molar-refractivity contribution in [1.29, 1.82) is 0 Å². The van der Waals surface area contributed by atoms with Crippen molar-refractivity contribution in [2.24, 2.45) is 0 Å². The molecule has 270 valence electrons. The number of halogens is 4. The van der Waals surface area contributed by atoms with Crippen LogP contribution in [0.4, 0.5) is 13.2 Å². The molecule has 0 saturated heterocycles. The molecule has 2 N–H and O–H groups in total. The van der Waals surface area contributed by atoms with Gasteiger partial charge < -0.3 is 15.4 Å². The van der Waals surface area contributed by atoms with E-state index in [1.54, 1.807) is 0 Å². The highest BCUT2D eigenvalue weighted by Crippen LogP contribution is 2.29. The van der Waals surface area contributed by atoms with Gasteiger partial charge in [-0.25, -0.2) is 0 Å². The van der Waals surface area contributed by atoms with Crippen molar-refractivity contribution in [3.63, 3.8) is 0 Å². The van der Waals surface area contributed by atoms with Crippen LogP contribution in [-0.4, -0.2) is 31.3 Å². The summed E-state index contributed by atoms with van der Waals surface area (Å²) in [5.74, 6) is 0. The van der Waals surface area contributed by atoms with Crippen LogP contribution in [0.15, 0.2) is 90.3 Å². The van der Waals surface area contributed by atoms with E-state index in [0.29, 0.717) is 12.6 Å². The molecule has 0 atom stereocenters. The zero-order chi connectivity index (χ0) is 37.0.